The van der Waals surface area contributed by atoms with Crippen LogP contribution in [0.5, 0.6) is 0 Å². The predicted octanol–water partition coefficient (Wildman–Crippen LogP) is 2.61. The zero-order valence-electron chi connectivity index (χ0n) is 13.1. The SMILES string of the molecule is Cc1ccccc1N1C(=O)c2cccc(NN=C(C#N)C#N)c2C1=O. The van der Waals surface area contributed by atoms with Gasteiger partial charge in [-0.3, -0.25) is 15.0 Å². The molecule has 2 aromatic rings. The van der Waals surface area contributed by atoms with E-state index < -0.39 is 11.8 Å². The van der Waals surface area contributed by atoms with Crippen molar-refractivity contribution in [3.05, 3.63) is 59.2 Å². The summed E-state index contributed by atoms with van der Waals surface area (Å²) < 4.78 is 0. The molecule has 7 nitrogen and oxygen atoms in total. The van der Waals surface area contributed by atoms with Crippen LogP contribution in [0, 0.1) is 29.6 Å². The van der Waals surface area contributed by atoms with E-state index in [1.165, 1.54) is 0 Å². The predicted molar refractivity (Wildman–Crippen MR) is 91.0 cm³/mol. The highest BCUT2D eigenvalue weighted by Gasteiger charge is 2.39. The first kappa shape index (κ1) is 15.9. The Morgan fingerprint density at radius 3 is 2.44 bits per heavy atom. The van der Waals surface area contributed by atoms with Gasteiger partial charge in [-0.2, -0.15) is 15.6 Å². The second kappa shape index (κ2) is 6.26. The van der Waals surface area contributed by atoms with Crippen molar-refractivity contribution < 1.29 is 9.59 Å². The molecule has 0 bridgehead atoms. The number of rotatable bonds is 3. The minimum Gasteiger partial charge on any atom is -0.276 e. The molecule has 0 saturated heterocycles. The molecule has 0 aliphatic carbocycles. The number of carbonyl (C=O) groups is 2. The molecule has 120 valence electrons. The summed E-state index contributed by atoms with van der Waals surface area (Å²) in [4.78, 5) is 26.7. The third kappa shape index (κ3) is 2.60. The molecular formula is C18H11N5O2. The minimum absolute atomic E-state index is 0.162. The molecule has 1 N–H and O–H groups in total. The second-order valence-corrected chi connectivity index (χ2v) is 5.26. The van der Waals surface area contributed by atoms with Crippen molar-refractivity contribution in [1.29, 1.82) is 10.5 Å². The molecule has 2 amide bonds. The molecule has 0 fully saturated rings. The average Bonchev–Trinajstić information content (AvgIpc) is 2.88. The summed E-state index contributed by atoms with van der Waals surface area (Å²) in [5, 5.41) is 21.1. The van der Waals surface area contributed by atoms with Crippen LogP contribution in [0.1, 0.15) is 26.3 Å². The highest BCUT2D eigenvalue weighted by molar-refractivity contribution is 6.36. The van der Waals surface area contributed by atoms with Crippen molar-refractivity contribution in [1.82, 2.24) is 0 Å². The summed E-state index contributed by atoms with van der Waals surface area (Å²) in [5.41, 5.74) is 4.11. The van der Waals surface area contributed by atoms with Crippen LogP contribution >= 0.6 is 0 Å². The summed E-state index contributed by atoms with van der Waals surface area (Å²) in [6.45, 7) is 1.81. The van der Waals surface area contributed by atoms with E-state index in [9.17, 15) is 9.59 Å². The van der Waals surface area contributed by atoms with Crippen LogP contribution in [0.2, 0.25) is 0 Å². The molecule has 2 aromatic carbocycles. The molecule has 7 heteroatoms. The van der Waals surface area contributed by atoms with Crippen molar-refractivity contribution >= 4 is 28.9 Å². The van der Waals surface area contributed by atoms with Gasteiger partial charge < -0.3 is 0 Å². The van der Waals surface area contributed by atoms with Crippen molar-refractivity contribution in [2.24, 2.45) is 5.10 Å². The number of amides is 2. The van der Waals surface area contributed by atoms with Crippen molar-refractivity contribution in [2.75, 3.05) is 10.3 Å². The summed E-state index contributed by atoms with van der Waals surface area (Å²) in [6, 6.07) is 15.0. The van der Waals surface area contributed by atoms with Gasteiger partial charge in [0.1, 0.15) is 12.1 Å². The smallest absolute Gasteiger partial charge is 0.268 e. The first-order valence-electron chi connectivity index (χ1n) is 7.29. The van der Waals surface area contributed by atoms with Crippen LogP contribution in [0.25, 0.3) is 0 Å². The quantitative estimate of drug-likeness (QED) is 0.529. The molecule has 0 aromatic heterocycles. The van der Waals surface area contributed by atoms with Gasteiger partial charge in [0.05, 0.1) is 22.5 Å². The van der Waals surface area contributed by atoms with Crippen LogP contribution < -0.4 is 10.3 Å². The maximum atomic E-state index is 12.9. The highest BCUT2D eigenvalue weighted by atomic mass is 16.2. The van der Waals surface area contributed by atoms with E-state index in [0.29, 0.717) is 5.69 Å². The van der Waals surface area contributed by atoms with Crippen LogP contribution in [0.15, 0.2) is 47.6 Å². The summed E-state index contributed by atoms with van der Waals surface area (Å²) >= 11 is 0. The molecule has 0 radical (unpaired) electrons. The molecule has 0 atom stereocenters. The third-order valence-corrected chi connectivity index (χ3v) is 3.77. The fourth-order valence-corrected chi connectivity index (χ4v) is 2.60. The minimum atomic E-state index is -0.483. The van der Waals surface area contributed by atoms with Gasteiger partial charge in [-0.1, -0.05) is 24.3 Å². The Morgan fingerprint density at radius 1 is 1.04 bits per heavy atom. The lowest BCUT2D eigenvalue weighted by Gasteiger charge is -2.16. The fraction of sp³-hybridized carbons (Fsp3) is 0.0556. The topological polar surface area (TPSA) is 109 Å². The van der Waals surface area contributed by atoms with Crippen LogP contribution in [-0.2, 0) is 0 Å². The standard InChI is InChI=1S/C18H11N5O2/c1-11-5-2-3-8-15(11)23-17(24)13-6-4-7-14(16(13)18(23)25)22-21-12(9-19)10-20/h2-8,22H,1H3. The van der Waals surface area contributed by atoms with Crippen molar-refractivity contribution in [3.63, 3.8) is 0 Å². The van der Waals surface area contributed by atoms with Gasteiger partial charge in [0, 0.05) is 0 Å². The van der Waals surface area contributed by atoms with Crippen LogP contribution in [0.4, 0.5) is 11.4 Å². The number of benzene rings is 2. The zero-order chi connectivity index (χ0) is 18.0. The monoisotopic (exact) mass is 329 g/mol. The van der Waals surface area contributed by atoms with E-state index in [4.69, 9.17) is 10.5 Å². The van der Waals surface area contributed by atoms with Gasteiger partial charge in [-0.15, -0.1) is 0 Å². The van der Waals surface area contributed by atoms with E-state index in [2.05, 4.69) is 10.5 Å². The molecule has 0 unspecified atom stereocenters. The Morgan fingerprint density at radius 2 is 1.76 bits per heavy atom. The van der Waals surface area contributed by atoms with E-state index >= 15 is 0 Å². The molecule has 1 aliphatic rings. The third-order valence-electron chi connectivity index (χ3n) is 3.77. The first-order valence-corrected chi connectivity index (χ1v) is 7.29. The van der Waals surface area contributed by atoms with Gasteiger partial charge in [0.15, 0.2) is 0 Å². The lowest BCUT2D eigenvalue weighted by molar-refractivity contribution is 0.0926. The van der Waals surface area contributed by atoms with Crippen molar-refractivity contribution in [2.45, 2.75) is 6.92 Å². The molecule has 1 heterocycles. The number of aryl methyl sites for hydroxylation is 1. The number of imide groups is 1. The molecule has 1 aliphatic heterocycles. The Hall–Kier alpha value is -3.97. The maximum absolute atomic E-state index is 12.9. The lowest BCUT2D eigenvalue weighted by atomic mass is 10.1. The summed E-state index contributed by atoms with van der Waals surface area (Å²) in [6.07, 6.45) is 0. The van der Waals surface area contributed by atoms with Gasteiger partial charge in [-0.05, 0) is 30.7 Å². The first-order chi connectivity index (χ1) is 12.1. The highest BCUT2D eigenvalue weighted by Crippen LogP contribution is 2.34. The van der Waals surface area contributed by atoms with E-state index in [1.807, 2.05) is 19.1 Å². The number of carbonyl (C=O) groups excluding carboxylic acids is 2. The number of nitrogens with zero attached hydrogens (tertiary/aromatic N) is 4. The zero-order valence-corrected chi connectivity index (χ0v) is 13.1. The van der Waals surface area contributed by atoms with E-state index in [-0.39, 0.29) is 22.5 Å². The molecular weight excluding hydrogens is 318 g/mol. The Balaban J connectivity index is 2.06. The number of hydrogen-bond donors (Lipinski definition) is 1. The summed E-state index contributed by atoms with van der Waals surface area (Å²) in [5.74, 6) is -0.911. The number of anilines is 2. The number of nitriles is 2. The van der Waals surface area contributed by atoms with Crippen molar-refractivity contribution in [3.8, 4) is 12.1 Å². The maximum Gasteiger partial charge on any atom is 0.268 e. The van der Waals surface area contributed by atoms with Crippen LogP contribution in [-0.4, -0.2) is 17.5 Å². The average molecular weight is 329 g/mol. The fourth-order valence-electron chi connectivity index (χ4n) is 2.60. The second-order valence-electron chi connectivity index (χ2n) is 5.26. The van der Waals surface area contributed by atoms with Gasteiger partial charge >= 0.3 is 0 Å². The van der Waals surface area contributed by atoms with Crippen LogP contribution in [0.3, 0.4) is 0 Å². The Kier molecular flexibility index (Phi) is 3.99. The summed E-state index contributed by atoms with van der Waals surface area (Å²) in [7, 11) is 0. The number of nitrogens with one attached hydrogen (secondary N) is 1. The van der Waals surface area contributed by atoms with Gasteiger partial charge in [0.2, 0.25) is 5.71 Å². The molecule has 0 saturated carbocycles. The van der Waals surface area contributed by atoms with Gasteiger partial charge in [-0.25, -0.2) is 4.90 Å². The number of para-hydroxylation sites is 1. The van der Waals surface area contributed by atoms with Gasteiger partial charge in [0.25, 0.3) is 11.8 Å². The molecule has 0 spiro atoms. The lowest BCUT2D eigenvalue weighted by Crippen LogP contribution is -2.30. The number of fused-ring (bicyclic) bond motifs is 1. The van der Waals surface area contributed by atoms with E-state index in [0.717, 1.165) is 10.5 Å². The molecule has 25 heavy (non-hydrogen) atoms. The van der Waals surface area contributed by atoms with E-state index in [1.54, 1.807) is 42.5 Å². The largest absolute Gasteiger partial charge is 0.276 e. The Labute approximate surface area is 143 Å². The normalized spacial score (nSPS) is 12.2. The Bertz CT molecular complexity index is 995. The number of hydrogen-bond acceptors (Lipinski definition) is 6. The number of hydrazone groups is 1. The molecule has 3 rings (SSSR count).